The van der Waals surface area contributed by atoms with Crippen LogP contribution in [-0.4, -0.2) is 95.9 Å². The zero-order valence-electron chi connectivity index (χ0n) is 19.8. The van der Waals surface area contributed by atoms with Crippen LogP contribution in [0.1, 0.15) is 57.8 Å². The number of likely N-dealkylation sites (tertiary alicyclic amines) is 1. The minimum Gasteiger partial charge on any atom is -0.481 e. The molecule has 1 aromatic rings. The molecule has 0 bridgehead atoms. The van der Waals surface area contributed by atoms with Gasteiger partial charge in [0.15, 0.2) is 5.60 Å². The predicted molar refractivity (Wildman–Crippen MR) is 120 cm³/mol. The highest BCUT2D eigenvalue weighted by molar-refractivity contribution is 5.88. The fraction of sp³-hybridized carbons (Fsp3) is 0.682. The van der Waals surface area contributed by atoms with Crippen molar-refractivity contribution in [3.8, 4) is 0 Å². The van der Waals surface area contributed by atoms with Gasteiger partial charge >= 0.3 is 17.9 Å². The molecule has 33 heavy (non-hydrogen) atoms. The van der Waals surface area contributed by atoms with Crippen molar-refractivity contribution < 1.29 is 34.8 Å². The van der Waals surface area contributed by atoms with Crippen molar-refractivity contribution in [2.24, 2.45) is 0 Å². The van der Waals surface area contributed by atoms with Crippen LogP contribution in [-0.2, 0) is 27.3 Å². The molecule has 0 radical (unpaired) electrons. The number of aryl methyl sites for hydroxylation is 1. The van der Waals surface area contributed by atoms with Gasteiger partial charge in [-0.05, 0) is 46.8 Å². The molecule has 4 N–H and O–H groups in total. The van der Waals surface area contributed by atoms with Gasteiger partial charge in [0.25, 0.3) is 0 Å². The van der Waals surface area contributed by atoms with E-state index in [0.29, 0.717) is 12.1 Å². The molecule has 1 aliphatic heterocycles. The Morgan fingerprint density at radius 3 is 1.94 bits per heavy atom. The second kappa shape index (κ2) is 13.2. The van der Waals surface area contributed by atoms with Crippen LogP contribution in [0.25, 0.3) is 0 Å². The van der Waals surface area contributed by atoms with Crippen LogP contribution in [0.15, 0.2) is 12.4 Å². The largest absolute Gasteiger partial charge is 0.481 e. The lowest BCUT2D eigenvalue weighted by Gasteiger charge is -2.38. The van der Waals surface area contributed by atoms with Gasteiger partial charge in [-0.1, -0.05) is 6.92 Å². The summed E-state index contributed by atoms with van der Waals surface area (Å²) in [6.07, 6.45) is 5.11. The van der Waals surface area contributed by atoms with E-state index in [0.717, 1.165) is 18.8 Å². The fourth-order valence-electron chi connectivity index (χ4n) is 3.62. The lowest BCUT2D eigenvalue weighted by atomic mass is 9.96. The van der Waals surface area contributed by atoms with Crippen LogP contribution in [0, 0.1) is 0 Å². The summed E-state index contributed by atoms with van der Waals surface area (Å²) in [5.74, 6) is -4.09. The van der Waals surface area contributed by atoms with Crippen LogP contribution in [0.5, 0.6) is 0 Å². The molecule has 0 aromatic carbocycles. The Kier molecular flexibility index (Phi) is 11.3. The minimum absolute atomic E-state index is 0.677. The highest BCUT2D eigenvalue weighted by Gasteiger charge is 2.40. The summed E-state index contributed by atoms with van der Waals surface area (Å²) in [6, 6.07) is 1.37. The number of aliphatic hydroxyl groups is 1. The number of nitrogens with zero attached hydrogens (tertiary/aromatic N) is 4. The maximum absolute atomic E-state index is 10.3. The number of rotatable bonds is 10. The number of piperidine rings is 1. The summed E-state index contributed by atoms with van der Waals surface area (Å²) in [7, 11) is 2.23. The summed E-state index contributed by atoms with van der Waals surface area (Å²) in [5.41, 5.74) is -1.52. The van der Waals surface area contributed by atoms with Crippen molar-refractivity contribution in [1.82, 2.24) is 19.8 Å². The zero-order valence-corrected chi connectivity index (χ0v) is 19.8. The Morgan fingerprint density at radius 1 is 1.09 bits per heavy atom. The van der Waals surface area contributed by atoms with Crippen LogP contribution in [0.4, 0.5) is 0 Å². The summed E-state index contributed by atoms with van der Waals surface area (Å²) in [6.45, 7) is 10.1. The third-order valence-corrected chi connectivity index (χ3v) is 5.65. The Bertz CT molecular complexity index is 761. The second-order valence-corrected chi connectivity index (χ2v) is 8.61. The van der Waals surface area contributed by atoms with Crippen LogP contribution in [0.3, 0.4) is 0 Å². The van der Waals surface area contributed by atoms with Gasteiger partial charge in [-0.2, -0.15) is 0 Å². The quantitative estimate of drug-likeness (QED) is 0.388. The maximum atomic E-state index is 10.3. The third-order valence-electron chi connectivity index (χ3n) is 5.65. The van der Waals surface area contributed by atoms with E-state index in [1.54, 1.807) is 0 Å². The molecule has 0 aliphatic carbocycles. The SMILES string of the molecule is CCc1ncc(CN(C)C2CCN(C(C)C)CC2)cn1.O=C(O)CC(O)(CC(=O)O)C(=O)O. The zero-order chi connectivity index (χ0) is 25.2. The van der Waals surface area contributed by atoms with Crippen molar-refractivity contribution in [1.29, 1.82) is 0 Å². The number of carbonyl (C=O) groups is 3. The topological polar surface area (TPSA) is 164 Å². The highest BCUT2D eigenvalue weighted by atomic mass is 16.4. The molecule has 2 rings (SSSR count). The van der Waals surface area contributed by atoms with E-state index in [4.69, 9.17) is 20.4 Å². The van der Waals surface area contributed by atoms with E-state index < -0.39 is 36.4 Å². The highest BCUT2D eigenvalue weighted by Crippen LogP contribution is 2.19. The fourth-order valence-corrected chi connectivity index (χ4v) is 3.62. The molecule has 0 spiro atoms. The minimum atomic E-state index is -2.74. The first-order valence-electron chi connectivity index (χ1n) is 11.0. The lowest BCUT2D eigenvalue weighted by Crippen LogP contribution is -2.45. The van der Waals surface area contributed by atoms with Crippen molar-refractivity contribution in [3.63, 3.8) is 0 Å². The average Bonchev–Trinajstić information content (AvgIpc) is 2.73. The standard InChI is InChI=1S/C16H28N4.C6H8O7/c1-5-16-17-10-14(11-18-16)12-19(4)15-6-8-20(9-7-15)13(2)3;7-3(8)1-6(13,5(11)12)2-4(9)10/h10-11,13,15H,5-9,12H2,1-4H3;13H,1-2H2,(H,7,8)(H,9,10)(H,11,12). The van der Waals surface area contributed by atoms with E-state index in [1.807, 2.05) is 12.4 Å². The molecular formula is C22H36N4O7. The van der Waals surface area contributed by atoms with Gasteiger partial charge in [-0.25, -0.2) is 14.8 Å². The second-order valence-electron chi connectivity index (χ2n) is 8.61. The molecule has 186 valence electrons. The molecule has 1 saturated heterocycles. The van der Waals surface area contributed by atoms with Gasteiger partial charge in [0.05, 0.1) is 12.8 Å². The predicted octanol–water partition coefficient (Wildman–Crippen LogP) is 1.10. The molecule has 11 nitrogen and oxygen atoms in total. The summed E-state index contributed by atoms with van der Waals surface area (Å²) < 4.78 is 0. The molecule has 1 fully saturated rings. The molecule has 0 amide bonds. The molecular weight excluding hydrogens is 432 g/mol. The van der Waals surface area contributed by atoms with E-state index in [-0.39, 0.29) is 0 Å². The molecule has 2 heterocycles. The molecule has 1 aromatic heterocycles. The smallest absolute Gasteiger partial charge is 0.336 e. The number of carboxylic acids is 3. The number of aliphatic carboxylic acids is 3. The van der Waals surface area contributed by atoms with Gasteiger partial charge in [0.2, 0.25) is 0 Å². The normalized spacial score (nSPS) is 15.2. The average molecular weight is 469 g/mol. The van der Waals surface area contributed by atoms with Gasteiger partial charge < -0.3 is 25.3 Å². The first kappa shape index (κ1) is 28.4. The molecule has 0 atom stereocenters. The first-order chi connectivity index (χ1) is 15.4. The number of aromatic nitrogens is 2. The maximum Gasteiger partial charge on any atom is 0.336 e. The van der Waals surface area contributed by atoms with Crippen LogP contribution >= 0.6 is 0 Å². The van der Waals surface area contributed by atoms with Crippen molar-refractivity contribution in [2.45, 2.75) is 77.1 Å². The van der Waals surface area contributed by atoms with Crippen molar-refractivity contribution >= 4 is 17.9 Å². The number of carboxylic acid groups (broad SMARTS) is 3. The lowest BCUT2D eigenvalue weighted by molar-refractivity contribution is -0.170. The number of hydrogen-bond donors (Lipinski definition) is 4. The van der Waals surface area contributed by atoms with E-state index in [2.05, 4.69) is 47.6 Å². The molecule has 0 saturated carbocycles. The van der Waals surface area contributed by atoms with Crippen LogP contribution < -0.4 is 0 Å². The molecule has 11 heteroatoms. The van der Waals surface area contributed by atoms with Crippen LogP contribution in [0.2, 0.25) is 0 Å². The Balaban J connectivity index is 0.000000366. The summed E-state index contributed by atoms with van der Waals surface area (Å²) in [4.78, 5) is 44.3. The number of hydrogen-bond acceptors (Lipinski definition) is 8. The van der Waals surface area contributed by atoms with Gasteiger partial charge in [0, 0.05) is 43.0 Å². The Hall–Kier alpha value is -2.63. The van der Waals surface area contributed by atoms with E-state index in [9.17, 15) is 14.4 Å². The van der Waals surface area contributed by atoms with Gasteiger partial charge in [-0.15, -0.1) is 0 Å². The van der Waals surface area contributed by atoms with E-state index >= 15 is 0 Å². The monoisotopic (exact) mass is 468 g/mol. The Labute approximate surface area is 194 Å². The Morgan fingerprint density at radius 2 is 1.58 bits per heavy atom. The van der Waals surface area contributed by atoms with Crippen molar-refractivity contribution in [2.75, 3.05) is 20.1 Å². The first-order valence-corrected chi connectivity index (χ1v) is 11.0. The third kappa shape index (κ3) is 9.80. The van der Waals surface area contributed by atoms with Gasteiger partial charge in [-0.3, -0.25) is 14.5 Å². The summed E-state index contributed by atoms with van der Waals surface area (Å²) in [5, 5.41) is 33.8. The molecule has 1 aliphatic rings. The summed E-state index contributed by atoms with van der Waals surface area (Å²) >= 11 is 0. The van der Waals surface area contributed by atoms with E-state index in [1.165, 1.54) is 31.5 Å². The molecule has 0 unspecified atom stereocenters. The van der Waals surface area contributed by atoms with Gasteiger partial charge in [0.1, 0.15) is 5.82 Å². The van der Waals surface area contributed by atoms with Crippen molar-refractivity contribution in [3.05, 3.63) is 23.8 Å².